The number of anilines is 1. The van der Waals surface area contributed by atoms with E-state index in [4.69, 9.17) is 0 Å². The van der Waals surface area contributed by atoms with Crippen molar-refractivity contribution in [3.8, 4) is 0 Å². The Morgan fingerprint density at radius 1 is 0.766 bits per heavy atom. The van der Waals surface area contributed by atoms with E-state index in [2.05, 4.69) is 5.32 Å². The summed E-state index contributed by atoms with van der Waals surface area (Å²) in [4.78, 5) is 30.6. The highest BCUT2D eigenvalue weighted by Crippen LogP contribution is 2.27. The number of benzene rings is 4. The van der Waals surface area contributed by atoms with Gasteiger partial charge in [-0.3, -0.25) is 13.9 Å². The Balaban J connectivity index is 1.56. The molecule has 2 amide bonds. The molecule has 4 aromatic rings. The molecule has 0 saturated heterocycles. The van der Waals surface area contributed by atoms with Gasteiger partial charge in [-0.2, -0.15) is 0 Å². The molecule has 246 valence electrons. The van der Waals surface area contributed by atoms with Crippen LogP contribution in [-0.4, -0.2) is 43.8 Å². The molecule has 0 heterocycles. The molecule has 47 heavy (non-hydrogen) atoms. The normalized spacial score (nSPS) is 14.3. The van der Waals surface area contributed by atoms with Gasteiger partial charge in [0.25, 0.3) is 10.0 Å². The first-order valence-corrected chi connectivity index (χ1v) is 17.9. The van der Waals surface area contributed by atoms with Gasteiger partial charge in [0.15, 0.2) is 0 Å². The number of hydrogen-bond donors (Lipinski definition) is 1. The van der Waals surface area contributed by atoms with Crippen LogP contribution >= 0.6 is 0 Å². The van der Waals surface area contributed by atoms with Gasteiger partial charge >= 0.3 is 0 Å². The second kappa shape index (κ2) is 15.4. The number of sulfonamides is 1. The predicted molar refractivity (Wildman–Crippen MR) is 188 cm³/mol. The zero-order chi connectivity index (χ0) is 33.4. The van der Waals surface area contributed by atoms with Crippen molar-refractivity contribution in [1.82, 2.24) is 10.2 Å². The monoisotopic (exact) mass is 651 g/mol. The number of aryl methyl sites for hydroxylation is 3. The quantitative estimate of drug-likeness (QED) is 0.181. The molecule has 1 fully saturated rings. The lowest BCUT2D eigenvalue weighted by atomic mass is 9.94. The maximum absolute atomic E-state index is 14.7. The fourth-order valence-electron chi connectivity index (χ4n) is 6.12. The molecule has 0 bridgehead atoms. The van der Waals surface area contributed by atoms with Crippen molar-refractivity contribution in [3.05, 3.63) is 131 Å². The van der Waals surface area contributed by atoms with Crippen LogP contribution in [0.25, 0.3) is 0 Å². The number of carbonyl (C=O) groups is 2. The lowest BCUT2D eigenvalue weighted by molar-refractivity contribution is -0.140. The van der Waals surface area contributed by atoms with E-state index in [0.29, 0.717) is 12.1 Å². The zero-order valence-electron chi connectivity index (χ0n) is 27.6. The molecule has 1 atom stereocenters. The third-order valence-corrected chi connectivity index (χ3v) is 10.9. The maximum Gasteiger partial charge on any atom is 0.264 e. The topological polar surface area (TPSA) is 86.8 Å². The Bertz CT molecular complexity index is 1750. The van der Waals surface area contributed by atoms with Crippen LogP contribution in [0.2, 0.25) is 0 Å². The Kier molecular flexibility index (Phi) is 11.1. The molecule has 8 heteroatoms. The standard InChI is InChI=1S/C39H45N3O4S/c1-29-19-22-33(23-20-29)27-41(37(26-32-13-7-4-8-14-32)39(44)40-34-15-9-5-10-16-34)38(43)28-42(35-24-21-30(2)31(3)25-35)47(45,46)36-17-11-6-12-18-36/h4,6-8,11-14,17-25,34,37H,5,9-10,15-16,26-28H2,1-3H3,(H,40,44)/t37-/m1/s1. The first-order valence-electron chi connectivity index (χ1n) is 16.5. The van der Waals surface area contributed by atoms with Crippen molar-refractivity contribution >= 4 is 27.5 Å². The van der Waals surface area contributed by atoms with Crippen LogP contribution in [0.5, 0.6) is 0 Å². The fourth-order valence-corrected chi connectivity index (χ4v) is 7.54. The number of carbonyl (C=O) groups excluding carboxylic acids is 2. The third kappa shape index (κ3) is 8.69. The number of rotatable bonds is 12. The molecular formula is C39H45N3O4S. The summed E-state index contributed by atoms with van der Waals surface area (Å²) in [6, 6.07) is 30.3. The van der Waals surface area contributed by atoms with Crippen LogP contribution in [0.4, 0.5) is 5.69 Å². The van der Waals surface area contributed by atoms with E-state index in [0.717, 1.165) is 59.9 Å². The van der Waals surface area contributed by atoms with E-state index in [1.54, 1.807) is 35.2 Å². The van der Waals surface area contributed by atoms with Gasteiger partial charge < -0.3 is 10.2 Å². The van der Waals surface area contributed by atoms with Crippen molar-refractivity contribution in [2.24, 2.45) is 0 Å². The average Bonchev–Trinajstić information content (AvgIpc) is 3.08. The molecule has 0 radical (unpaired) electrons. The summed E-state index contributed by atoms with van der Waals surface area (Å²) in [5, 5.41) is 3.26. The van der Waals surface area contributed by atoms with Crippen molar-refractivity contribution in [2.45, 2.75) is 82.8 Å². The highest BCUT2D eigenvalue weighted by molar-refractivity contribution is 7.92. The summed E-state index contributed by atoms with van der Waals surface area (Å²) >= 11 is 0. The van der Waals surface area contributed by atoms with Gasteiger partial charge in [0.05, 0.1) is 10.6 Å². The fraction of sp³-hybridized carbons (Fsp3) is 0.333. The Labute approximate surface area is 279 Å². The summed E-state index contributed by atoms with van der Waals surface area (Å²) in [5.74, 6) is -0.673. The summed E-state index contributed by atoms with van der Waals surface area (Å²) < 4.78 is 29.6. The van der Waals surface area contributed by atoms with Gasteiger partial charge in [-0.05, 0) is 80.1 Å². The van der Waals surface area contributed by atoms with E-state index in [-0.39, 0.29) is 23.4 Å². The first kappa shape index (κ1) is 33.9. The summed E-state index contributed by atoms with van der Waals surface area (Å²) in [6.45, 7) is 5.57. The molecule has 7 nitrogen and oxygen atoms in total. The summed E-state index contributed by atoms with van der Waals surface area (Å²) in [5.41, 5.74) is 5.18. The molecule has 1 saturated carbocycles. The third-order valence-electron chi connectivity index (χ3n) is 9.08. The molecule has 1 N–H and O–H groups in total. The van der Waals surface area contributed by atoms with Gasteiger partial charge in [-0.1, -0.05) is 104 Å². The minimum Gasteiger partial charge on any atom is -0.352 e. The summed E-state index contributed by atoms with van der Waals surface area (Å²) in [7, 11) is -4.13. The van der Waals surface area contributed by atoms with Gasteiger partial charge in [0, 0.05) is 19.0 Å². The van der Waals surface area contributed by atoms with Gasteiger partial charge in [-0.15, -0.1) is 0 Å². The minimum atomic E-state index is -4.13. The van der Waals surface area contributed by atoms with Crippen molar-refractivity contribution in [3.63, 3.8) is 0 Å². The Morgan fingerprint density at radius 3 is 2.04 bits per heavy atom. The highest BCUT2D eigenvalue weighted by Gasteiger charge is 2.35. The zero-order valence-corrected chi connectivity index (χ0v) is 28.4. The smallest absolute Gasteiger partial charge is 0.264 e. The van der Waals surface area contributed by atoms with Crippen LogP contribution in [0, 0.1) is 20.8 Å². The number of nitrogens with one attached hydrogen (secondary N) is 1. The molecule has 1 aliphatic rings. The first-order chi connectivity index (χ1) is 22.6. The summed E-state index contributed by atoms with van der Waals surface area (Å²) in [6.07, 6.45) is 5.39. The van der Waals surface area contributed by atoms with Gasteiger partial charge in [0.2, 0.25) is 11.8 Å². The molecule has 1 aliphatic carbocycles. The van der Waals surface area contributed by atoms with Crippen LogP contribution < -0.4 is 9.62 Å². The largest absolute Gasteiger partial charge is 0.352 e. The van der Waals surface area contributed by atoms with Crippen molar-refractivity contribution in [2.75, 3.05) is 10.8 Å². The molecule has 0 unspecified atom stereocenters. The minimum absolute atomic E-state index is 0.0522. The SMILES string of the molecule is Cc1ccc(CN(C(=O)CN(c2ccc(C)c(C)c2)S(=O)(=O)c2ccccc2)[C@H](Cc2ccccc2)C(=O)NC2CCCCC2)cc1. The van der Waals surface area contributed by atoms with Crippen LogP contribution in [0.1, 0.15) is 59.9 Å². The Morgan fingerprint density at radius 2 is 1.40 bits per heavy atom. The van der Waals surface area contributed by atoms with Gasteiger partial charge in [-0.25, -0.2) is 8.42 Å². The Hall–Kier alpha value is -4.43. The molecule has 0 aliphatic heterocycles. The van der Waals surface area contributed by atoms with Crippen LogP contribution in [0.3, 0.4) is 0 Å². The van der Waals surface area contributed by atoms with Gasteiger partial charge in [0.1, 0.15) is 12.6 Å². The van der Waals surface area contributed by atoms with Crippen molar-refractivity contribution < 1.29 is 18.0 Å². The number of hydrogen-bond acceptors (Lipinski definition) is 4. The van der Waals surface area contributed by atoms with E-state index in [1.165, 1.54) is 16.4 Å². The number of amides is 2. The second-order valence-corrected chi connectivity index (χ2v) is 14.5. The van der Waals surface area contributed by atoms with E-state index < -0.39 is 28.5 Å². The lowest BCUT2D eigenvalue weighted by Gasteiger charge is -2.35. The molecule has 4 aromatic carbocycles. The molecule has 0 spiro atoms. The van der Waals surface area contributed by atoms with Crippen LogP contribution in [-0.2, 0) is 32.6 Å². The average molecular weight is 652 g/mol. The molecule has 5 rings (SSSR count). The van der Waals surface area contributed by atoms with Crippen LogP contribution in [0.15, 0.2) is 108 Å². The highest BCUT2D eigenvalue weighted by atomic mass is 32.2. The number of nitrogens with zero attached hydrogens (tertiary/aromatic N) is 2. The predicted octanol–water partition coefficient (Wildman–Crippen LogP) is 6.90. The molecule has 0 aromatic heterocycles. The van der Waals surface area contributed by atoms with Crippen molar-refractivity contribution in [1.29, 1.82) is 0 Å². The second-order valence-electron chi connectivity index (χ2n) is 12.6. The lowest BCUT2D eigenvalue weighted by Crippen LogP contribution is -2.55. The maximum atomic E-state index is 14.7. The van der Waals surface area contributed by atoms with E-state index in [9.17, 15) is 18.0 Å². The van der Waals surface area contributed by atoms with E-state index in [1.807, 2.05) is 81.4 Å². The van der Waals surface area contributed by atoms with E-state index >= 15 is 0 Å². The molecular weight excluding hydrogens is 607 g/mol.